The lowest BCUT2D eigenvalue weighted by Crippen LogP contribution is -3.12. The number of quaternary nitrogens is 1. The minimum atomic E-state index is 0.260. The van der Waals surface area contributed by atoms with Gasteiger partial charge in [-0.05, 0) is 38.1 Å². The molecule has 0 bridgehead atoms. The van der Waals surface area contributed by atoms with E-state index < -0.39 is 0 Å². The Morgan fingerprint density at radius 1 is 1.07 bits per heavy atom. The maximum Gasteiger partial charge on any atom is 0.126 e. The molecular formula is C22H30N3O2+. The van der Waals surface area contributed by atoms with Gasteiger partial charge in [-0.1, -0.05) is 12.1 Å². The summed E-state index contributed by atoms with van der Waals surface area (Å²) < 4.78 is 5.41. The Bertz CT molecular complexity index is 749. The topological polar surface area (TPSA) is 49.5 Å². The van der Waals surface area contributed by atoms with Gasteiger partial charge in [-0.2, -0.15) is 0 Å². The van der Waals surface area contributed by atoms with Crippen LogP contribution in [0.25, 0.3) is 0 Å². The first-order chi connectivity index (χ1) is 13.2. The largest absolute Gasteiger partial charge is 0.507 e. The van der Waals surface area contributed by atoms with Crippen LogP contribution in [-0.4, -0.2) is 50.7 Å². The molecule has 5 nitrogen and oxygen atoms in total. The summed E-state index contributed by atoms with van der Waals surface area (Å²) in [5, 5.41) is 10.3. The Morgan fingerprint density at radius 2 is 1.78 bits per heavy atom. The Kier molecular flexibility index (Phi) is 6.85. The lowest BCUT2D eigenvalue weighted by Gasteiger charge is -2.23. The van der Waals surface area contributed by atoms with E-state index in [0.717, 1.165) is 62.9 Å². The highest BCUT2D eigenvalue weighted by Gasteiger charge is 2.13. The zero-order valence-corrected chi connectivity index (χ0v) is 16.3. The second kappa shape index (κ2) is 9.53. The molecule has 0 radical (unpaired) electrons. The molecule has 3 rings (SSSR count). The third-order valence-corrected chi connectivity index (χ3v) is 5.09. The molecule has 0 unspecified atom stereocenters. The number of benzene rings is 2. The third-order valence-electron chi connectivity index (χ3n) is 5.09. The van der Waals surface area contributed by atoms with Gasteiger partial charge in [0.1, 0.15) is 25.4 Å². The summed E-state index contributed by atoms with van der Waals surface area (Å²) in [6.07, 6.45) is 1.73. The van der Waals surface area contributed by atoms with Crippen LogP contribution in [0.3, 0.4) is 0 Å². The number of hydrogen-bond donors (Lipinski definition) is 2. The first kappa shape index (κ1) is 19.4. The molecule has 0 aliphatic carbocycles. The van der Waals surface area contributed by atoms with Gasteiger partial charge in [-0.3, -0.25) is 4.99 Å². The number of nitrogens with one attached hydrogen (secondary N) is 1. The van der Waals surface area contributed by atoms with Crippen molar-refractivity contribution in [1.29, 1.82) is 0 Å². The average molecular weight is 369 g/mol. The molecule has 0 saturated carbocycles. The zero-order valence-electron chi connectivity index (χ0n) is 16.3. The van der Waals surface area contributed by atoms with Gasteiger partial charge in [0.05, 0.1) is 18.9 Å². The molecule has 0 spiro atoms. The average Bonchev–Trinajstić information content (AvgIpc) is 2.70. The van der Waals surface area contributed by atoms with Crippen LogP contribution in [0.5, 0.6) is 5.75 Å². The molecule has 27 heavy (non-hydrogen) atoms. The van der Waals surface area contributed by atoms with Gasteiger partial charge in [-0.25, -0.2) is 0 Å². The van der Waals surface area contributed by atoms with Gasteiger partial charge in [-0.15, -0.1) is 0 Å². The molecule has 2 aromatic carbocycles. The fourth-order valence-corrected chi connectivity index (χ4v) is 3.40. The Morgan fingerprint density at radius 3 is 2.41 bits per heavy atom. The monoisotopic (exact) mass is 368 g/mol. The molecule has 1 saturated heterocycles. The Hall–Kier alpha value is -2.37. The number of nitrogens with zero attached hydrogens (tertiary/aromatic N) is 2. The van der Waals surface area contributed by atoms with Crippen molar-refractivity contribution in [2.24, 2.45) is 4.99 Å². The van der Waals surface area contributed by atoms with E-state index in [0.29, 0.717) is 0 Å². The lowest BCUT2D eigenvalue weighted by molar-refractivity contribution is -0.921. The summed E-state index contributed by atoms with van der Waals surface area (Å²) in [6.45, 7) is 10.9. The number of rotatable bonds is 7. The predicted octanol–water partition coefficient (Wildman–Crippen LogP) is 2.40. The van der Waals surface area contributed by atoms with E-state index in [2.05, 4.69) is 35.9 Å². The number of ether oxygens (including phenoxy) is 1. The number of morpholine rings is 1. The van der Waals surface area contributed by atoms with Crippen molar-refractivity contribution in [3.8, 4) is 5.75 Å². The second-order valence-corrected chi connectivity index (χ2v) is 6.88. The van der Waals surface area contributed by atoms with Crippen molar-refractivity contribution in [3.63, 3.8) is 0 Å². The molecule has 144 valence electrons. The summed E-state index contributed by atoms with van der Waals surface area (Å²) in [5.74, 6) is 0.260. The SMILES string of the molecule is CCN(CC)c1ccc(C=Nc2ccc(C[NH+]3CCOCC3)cc2)c(O)c1. The smallest absolute Gasteiger partial charge is 0.126 e. The number of hydrogen-bond acceptors (Lipinski definition) is 4. The van der Waals surface area contributed by atoms with E-state index in [4.69, 9.17) is 4.74 Å². The number of anilines is 1. The van der Waals surface area contributed by atoms with Gasteiger partial charge < -0.3 is 19.6 Å². The first-order valence-electron chi connectivity index (χ1n) is 9.82. The van der Waals surface area contributed by atoms with Gasteiger partial charge in [0, 0.05) is 42.2 Å². The summed E-state index contributed by atoms with van der Waals surface area (Å²) in [5.41, 5.74) is 3.97. The zero-order chi connectivity index (χ0) is 19.1. The van der Waals surface area contributed by atoms with E-state index in [-0.39, 0.29) is 5.75 Å². The van der Waals surface area contributed by atoms with Crippen molar-refractivity contribution < 1.29 is 14.7 Å². The highest BCUT2D eigenvalue weighted by molar-refractivity contribution is 5.86. The Balaban J connectivity index is 1.63. The van der Waals surface area contributed by atoms with Crippen molar-refractivity contribution in [3.05, 3.63) is 53.6 Å². The van der Waals surface area contributed by atoms with Crippen LogP contribution in [0.15, 0.2) is 47.5 Å². The van der Waals surface area contributed by atoms with Crippen LogP contribution in [0.2, 0.25) is 0 Å². The predicted molar refractivity (Wildman–Crippen MR) is 111 cm³/mol. The molecule has 0 aromatic heterocycles. The van der Waals surface area contributed by atoms with Crippen molar-refractivity contribution in [2.75, 3.05) is 44.3 Å². The highest BCUT2D eigenvalue weighted by Crippen LogP contribution is 2.24. The van der Waals surface area contributed by atoms with Gasteiger partial charge in [0.25, 0.3) is 0 Å². The van der Waals surface area contributed by atoms with Gasteiger partial charge >= 0.3 is 0 Å². The van der Waals surface area contributed by atoms with Crippen LogP contribution < -0.4 is 9.80 Å². The van der Waals surface area contributed by atoms with E-state index in [1.807, 2.05) is 30.3 Å². The fraction of sp³-hybridized carbons (Fsp3) is 0.409. The van der Waals surface area contributed by atoms with Crippen LogP contribution in [0.1, 0.15) is 25.0 Å². The van der Waals surface area contributed by atoms with Gasteiger partial charge in [0.15, 0.2) is 0 Å². The maximum atomic E-state index is 10.3. The number of aliphatic imine (C=N–C) groups is 1. The van der Waals surface area contributed by atoms with E-state index >= 15 is 0 Å². The summed E-state index contributed by atoms with van der Waals surface area (Å²) in [6, 6.07) is 14.1. The quantitative estimate of drug-likeness (QED) is 0.738. The number of phenolic OH excluding ortho intramolecular Hbond substituents is 1. The van der Waals surface area contributed by atoms with Crippen molar-refractivity contribution >= 4 is 17.6 Å². The molecule has 2 N–H and O–H groups in total. The van der Waals surface area contributed by atoms with Crippen molar-refractivity contribution in [1.82, 2.24) is 0 Å². The molecular weight excluding hydrogens is 338 g/mol. The van der Waals surface area contributed by atoms with Crippen molar-refractivity contribution in [2.45, 2.75) is 20.4 Å². The number of aromatic hydroxyl groups is 1. The molecule has 1 heterocycles. The highest BCUT2D eigenvalue weighted by atomic mass is 16.5. The third kappa shape index (κ3) is 5.31. The van der Waals surface area contributed by atoms with Crippen LogP contribution >= 0.6 is 0 Å². The van der Waals surface area contributed by atoms with E-state index in [9.17, 15) is 5.11 Å². The summed E-state index contributed by atoms with van der Waals surface area (Å²) in [4.78, 5) is 8.28. The van der Waals surface area contributed by atoms with Crippen LogP contribution in [0, 0.1) is 0 Å². The molecule has 0 amide bonds. The van der Waals surface area contributed by atoms with Crippen LogP contribution in [0.4, 0.5) is 11.4 Å². The summed E-state index contributed by atoms with van der Waals surface area (Å²) in [7, 11) is 0. The lowest BCUT2D eigenvalue weighted by atomic mass is 10.1. The second-order valence-electron chi connectivity index (χ2n) is 6.88. The maximum absolute atomic E-state index is 10.3. The standard InChI is InChI=1S/C22H29N3O2/c1-3-25(4-2)21-10-7-19(22(26)15-21)16-23-20-8-5-18(6-9-20)17-24-11-13-27-14-12-24/h5-10,15-16,26H,3-4,11-14,17H2,1-2H3/p+1. The molecule has 1 aliphatic rings. The molecule has 1 aliphatic heterocycles. The molecule has 5 heteroatoms. The Labute approximate surface area is 161 Å². The molecule has 1 fully saturated rings. The molecule has 2 aromatic rings. The first-order valence-corrected chi connectivity index (χ1v) is 9.82. The fourth-order valence-electron chi connectivity index (χ4n) is 3.40. The van der Waals surface area contributed by atoms with E-state index in [1.54, 1.807) is 11.1 Å². The molecule has 0 atom stereocenters. The van der Waals surface area contributed by atoms with Gasteiger partial charge in [0.2, 0.25) is 0 Å². The van der Waals surface area contributed by atoms with E-state index in [1.165, 1.54) is 5.56 Å². The minimum Gasteiger partial charge on any atom is -0.507 e. The normalized spacial score (nSPS) is 15.3. The minimum absolute atomic E-state index is 0.260. The van der Waals surface area contributed by atoms with Crippen LogP contribution in [-0.2, 0) is 11.3 Å². The summed E-state index contributed by atoms with van der Waals surface area (Å²) >= 11 is 0. The number of phenols is 1.